The van der Waals surface area contributed by atoms with Crippen LogP contribution in [0.2, 0.25) is 0 Å². The maximum absolute atomic E-state index is 13.8. The van der Waals surface area contributed by atoms with Crippen molar-refractivity contribution in [3.05, 3.63) is 35.3 Å². The molecule has 1 heterocycles. The number of hydrogen-bond acceptors (Lipinski definition) is 5. The molecule has 24 heavy (non-hydrogen) atoms. The molecule has 0 aliphatic heterocycles. The molecule has 0 radical (unpaired) electrons. The van der Waals surface area contributed by atoms with Gasteiger partial charge in [0.2, 0.25) is 10.0 Å². The second kappa shape index (κ2) is 6.34. The monoisotopic (exact) mass is 350 g/mol. The number of aryl methyl sites for hydroxylation is 1. The van der Waals surface area contributed by atoms with Crippen LogP contribution in [0.5, 0.6) is 0 Å². The molecule has 0 saturated heterocycles. The van der Waals surface area contributed by atoms with Gasteiger partial charge in [0, 0.05) is 23.7 Å². The summed E-state index contributed by atoms with van der Waals surface area (Å²) in [5, 5.41) is 12.9. The van der Waals surface area contributed by atoms with E-state index < -0.39 is 21.4 Å². The Hall–Kier alpha value is -2.24. The fourth-order valence-electron chi connectivity index (χ4n) is 2.56. The molecule has 0 fully saturated rings. The van der Waals surface area contributed by atoms with E-state index in [4.69, 9.17) is 0 Å². The zero-order valence-electron chi connectivity index (χ0n) is 13.9. The molecule has 0 unspecified atom stereocenters. The summed E-state index contributed by atoms with van der Waals surface area (Å²) >= 11 is 0. The molecule has 0 bridgehead atoms. The summed E-state index contributed by atoms with van der Waals surface area (Å²) in [6.07, 6.45) is 2.50. The van der Waals surface area contributed by atoms with Crippen molar-refractivity contribution in [1.82, 2.24) is 9.71 Å². The lowest BCUT2D eigenvalue weighted by Crippen LogP contribution is -2.47. The zero-order chi connectivity index (χ0) is 18.1. The van der Waals surface area contributed by atoms with Gasteiger partial charge in [-0.15, -0.1) is 0 Å². The van der Waals surface area contributed by atoms with E-state index in [1.807, 2.05) is 6.07 Å². The molecular weight excluding hydrogens is 331 g/mol. The van der Waals surface area contributed by atoms with Crippen LogP contribution in [0.3, 0.4) is 0 Å². The smallest absolute Gasteiger partial charge is 0.209 e. The maximum Gasteiger partial charge on any atom is 0.209 e. The molecule has 0 saturated carbocycles. The minimum atomic E-state index is -3.39. The first kappa shape index (κ1) is 18.1. The molecule has 0 amide bonds. The lowest BCUT2D eigenvalue weighted by molar-refractivity contribution is 0.476. The van der Waals surface area contributed by atoms with Crippen LogP contribution < -0.4 is 10.0 Å². The van der Waals surface area contributed by atoms with Gasteiger partial charge in [-0.1, -0.05) is 0 Å². The fourth-order valence-corrected chi connectivity index (χ4v) is 3.63. The van der Waals surface area contributed by atoms with Crippen LogP contribution in [-0.4, -0.2) is 31.7 Å². The number of nitrogens with zero attached hydrogens (tertiary/aromatic N) is 2. The molecule has 1 aromatic heterocycles. The van der Waals surface area contributed by atoms with Gasteiger partial charge < -0.3 is 5.32 Å². The average molecular weight is 350 g/mol. The number of anilines is 1. The summed E-state index contributed by atoms with van der Waals surface area (Å²) in [6.45, 7) is 5.37. The van der Waals surface area contributed by atoms with E-state index in [1.165, 1.54) is 18.3 Å². The van der Waals surface area contributed by atoms with Crippen molar-refractivity contribution < 1.29 is 12.8 Å². The van der Waals surface area contributed by atoms with Crippen molar-refractivity contribution in [2.24, 2.45) is 0 Å². The van der Waals surface area contributed by atoms with E-state index in [0.29, 0.717) is 22.2 Å². The predicted octanol–water partition coefficient (Wildman–Crippen LogP) is 2.29. The fraction of sp³-hybridized carbons (Fsp3) is 0.375. The lowest BCUT2D eigenvalue weighted by Gasteiger charge is -2.26. The van der Waals surface area contributed by atoms with Crippen LogP contribution in [0.4, 0.5) is 10.1 Å². The number of aromatic nitrogens is 1. The van der Waals surface area contributed by atoms with Gasteiger partial charge in [0.25, 0.3) is 0 Å². The number of rotatable bonds is 5. The van der Waals surface area contributed by atoms with Gasteiger partial charge in [0.15, 0.2) is 0 Å². The Labute approximate surface area is 140 Å². The SMILES string of the molecule is Cc1cc(F)cc2c(NCC(C)(C)NS(C)(=O)=O)c(C#N)cnc12. The van der Waals surface area contributed by atoms with E-state index in [2.05, 4.69) is 15.0 Å². The molecule has 6 nitrogen and oxygen atoms in total. The van der Waals surface area contributed by atoms with Crippen LogP contribution >= 0.6 is 0 Å². The quantitative estimate of drug-likeness (QED) is 0.863. The average Bonchev–Trinajstić information content (AvgIpc) is 2.41. The van der Waals surface area contributed by atoms with Crippen LogP contribution in [0.1, 0.15) is 25.0 Å². The number of halogens is 1. The lowest BCUT2D eigenvalue weighted by atomic mass is 10.0. The van der Waals surface area contributed by atoms with Crippen LogP contribution in [0.25, 0.3) is 10.9 Å². The number of nitriles is 1. The third kappa shape index (κ3) is 4.19. The highest BCUT2D eigenvalue weighted by Gasteiger charge is 2.23. The molecule has 8 heteroatoms. The second-order valence-corrected chi connectivity index (χ2v) is 8.14. The molecule has 0 aliphatic carbocycles. The summed E-state index contributed by atoms with van der Waals surface area (Å²) in [4.78, 5) is 4.22. The van der Waals surface area contributed by atoms with Crippen molar-refractivity contribution in [2.75, 3.05) is 18.1 Å². The minimum absolute atomic E-state index is 0.212. The number of pyridine rings is 1. The first-order valence-electron chi connectivity index (χ1n) is 7.24. The van der Waals surface area contributed by atoms with Crippen molar-refractivity contribution in [1.29, 1.82) is 5.26 Å². The van der Waals surface area contributed by atoms with E-state index in [1.54, 1.807) is 20.8 Å². The first-order chi connectivity index (χ1) is 11.0. The van der Waals surface area contributed by atoms with E-state index in [9.17, 15) is 18.1 Å². The van der Waals surface area contributed by atoms with Gasteiger partial charge in [-0.2, -0.15) is 5.26 Å². The van der Waals surface area contributed by atoms with Crippen molar-refractivity contribution in [2.45, 2.75) is 26.3 Å². The summed E-state index contributed by atoms with van der Waals surface area (Å²) in [6, 6.07) is 4.72. The number of nitrogens with one attached hydrogen (secondary N) is 2. The second-order valence-electron chi connectivity index (χ2n) is 6.39. The van der Waals surface area contributed by atoms with E-state index in [-0.39, 0.29) is 12.1 Å². The Morgan fingerprint density at radius 3 is 2.62 bits per heavy atom. The molecule has 2 rings (SSSR count). The molecule has 128 valence electrons. The molecule has 0 atom stereocenters. The highest BCUT2D eigenvalue weighted by atomic mass is 32.2. The minimum Gasteiger partial charge on any atom is -0.382 e. The number of benzene rings is 1. The normalized spacial score (nSPS) is 12.2. The van der Waals surface area contributed by atoms with Gasteiger partial charge in [0.1, 0.15) is 11.9 Å². The third-order valence-corrected chi connectivity index (χ3v) is 4.34. The van der Waals surface area contributed by atoms with E-state index >= 15 is 0 Å². The summed E-state index contributed by atoms with van der Waals surface area (Å²) < 4.78 is 39.2. The Morgan fingerprint density at radius 1 is 1.38 bits per heavy atom. The van der Waals surface area contributed by atoms with Crippen molar-refractivity contribution in [3.8, 4) is 6.07 Å². The highest BCUT2D eigenvalue weighted by Crippen LogP contribution is 2.29. The van der Waals surface area contributed by atoms with Gasteiger partial charge in [-0.25, -0.2) is 17.5 Å². The zero-order valence-corrected chi connectivity index (χ0v) is 14.8. The molecule has 1 aromatic carbocycles. The largest absolute Gasteiger partial charge is 0.382 e. The van der Waals surface area contributed by atoms with Crippen LogP contribution in [0, 0.1) is 24.1 Å². The van der Waals surface area contributed by atoms with Crippen molar-refractivity contribution in [3.63, 3.8) is 0 Å². The molecule has 2 N–H and O–H groups in total. The Morgan fingerprint density at radius 2 is 2.04 bits per heavy atom. The predicted molar refractivity (Wildman–Crippen MR) is 91.7 cm³/mol. The summed E-state index contributed by atoms with van der Waals surface area (Å²) in [5.41, 5.74) is 1.16. The summed E-state index contributed by atoms with van der Waals surface area (Å²) in [5.74, 6) is -0.423. The van der Waals surface area contributed by atoms with Gasteiger partial charge in [-0.3, -0.25) is 4.98 Å². The Bertz CT molecular complexity index is 933. The topological polar surface area (TPSA) is 94.9 Å². The Balaban J connectivity index is 2.46. The first-order valence-corrected chi connectivity index (χ1v) is 9.13. The van der Waals surface area contributed by atoms with Crippen molar-refractivity contribution >= 4 is 26.6 Å². The standard InChI is InChI=1S/C16H19FN4O2S/c1-10-5-12(17)6-13-14(10)19-8-11(7-18)15(13)20-9-16(2,3)21-24(4,22)23/h5-6,8,21H,9H2,1-4H3,(H,19,20). The molecule has 0 spiro atoms. The van der Waals surface area contributed by atoms with Gasteiger partial charge in [0.05, 0.1) is 23.0 Å². The molecule has 0 aliphatic rings. The number of fused-ring (bicyclic) bond motifs is 1. The molecular formula is C16H19FN4O2S. The van der Waals surface area contributed by atoms with E-state index in [0.717, 1.165) is 6.26 Å². The number of sulfonamides is 1. The number of hydrogen-bond donors (Lipinski definition) is 2. The van der Waals surface area contributed by atoms with Gasteiger partial charge in [-0.05, 0) is 38.5 Å². The van der Waals surface area contributed by atoms with Crippen LogP contribution in [-0.2, 0) is 10.0 Å². The van der Waals surface area contributed by atoms with Crippen LogP contribution in [0.15, 0.2) is 18.3 Å². The molecule has 2 aromatic rings. The summed E-state index contributed by atoms with van der Waals surface area (Å²) in [7, 11) is -3.39. The highest BCUT2D eigenvalue weighted by molar-refractivity contribution is 7.88. The maximum atomic E-state index is 13.8. The third-order valence-electron chi connectivity index (χ3n) is 3.42. The van der Waals surface area contributed by atoms with Gasteiger partial charge >= 0.3 is 0 Å². The Kier molecular flexibility index (Phi) is 4.78.